The number of likely N-dealkylation sites (tertiary alicyclic amines) is 1. The predicted molar refractivity (Wildman–Crippen MR) is 95.4 cm³/mol. The molecule has 5 nitrogen and oxygen atoms in total. The first-order chi connectivity index (χ1) is 11.2. The molecule has 2 fully saturated rings. The Hall–Kier alpha value is -1.46. The zero-order valence-electron chi connectivity index (χ0n) is 13.6. The fourth-order valence-corrected chi connectivity index (χ4v) is 3.36. The molecule has 1 saturated carbocycles. The van der Waals surface area contributed by atoms with Crippen molar-refractivity contribution >= 4 is 23.2 Å². The number of nitrogens with zero attached hydrogens (tertiary/aromatic N) is 2. The number of hydrogen-bond acceptors (Lipinski definition) is 3. The van der Waals surface area contributed by atoms with Crippen molar-refractivity contribution in [3.8, 4) is 5.75 Å². The van der Waals surface area contributed by atoms with E-state index in [1.54, 1.807) is 13.2 Å². The van der Waals surface area contributed by atoms with Crippen molar-refractivity contribution in [2.45, 2.75) is 31.7 Å². The SMILES string of the molecule is COc1ccc(NC(N)=NCC2CCN(C3CC3)CC2)cc1Cl. The minimum absolute atomic E-state index is 0.441. The largest absolute Gasteiger partial charge is 0.495 e. The maximum absolute atomic E-state index is 6.11. The van der Waals surface area contributed by atoms with Gasteiger partial charge in [-0.3, -0.25) is 4.99 Å². The van der Waals surface area contributed by atoms with E-state index in [2.05, 4.69) is 15.2 Å². The van der Waals surface area contributed by atoms with Crippen LogP contribution in [-0.4, -0.2) is 43.6 Å². The quantitative estimate of drug-likeness (QED) is 0.641. The average molecular weight is 337 g/mol. The van der Waals surface area contributed by atoms with E-state index in [4.69, 9.17) is 22.1 Å². The third-order valence-electron chi connectivity index (χ3n) is 4.66. The highest BCUT2D eigenvalue weighted by Crippen LogP contribution is 2.31. The van der Waals surface area contributed by atoms with Gasteiger partial charge in [-0.15, -0.1) is 0 Å². The van der Waals surface area contributed by atoms with Gasteiger partial charge in [-0.25, -0.2) is 0 Å². The van der Waals surface area contributed by atoms with Gasteiger partial charge in [0.1, 0.15) is 5.75 Å². The van der Waals surface area contributed by atoms with Crippen molar-refractivity contribution in [2.24, 2.45) is 16.6 Å². The van der Waals surface area contributed by atoms with E-state index in [9.17, 15) is 0 Å². The van der Waals surface area contributed by atoms with Crippen molar-refractivity contribution in [3.63, 3.8) is 0 Å². The van der Waals surface area contributed by atoms with Gasteiger partial charge in [0.15, 0.2) is 5.96 Å². The number of aliphatic imine (C=N–C) groups is 1. The first-order valence-electron chi connectivity index (χ1n) is 8.30. The van der Waals surface area contributed by atoms with E-state index in [0.29, 0.717) is 22.6 Å². The van der Waals surface area contributed by atoms with Gasteiger partial charge in [0.2, 0.25) is 0 Å². The van der Waals surface area contributed by atoms with Crippen LogP contribution in [0.1, 0.15) is 25.7 Å². The molecule has 0 spiro atoms. The van der Waals surface area contributed by atoms with Crippen LogP contribution in [0.15, 0.2) is 23.2 Å². The standard InChI is InChI=1S/C17H25ClN4O/c1-23-16-5-2-13(10-15(16)18)21-17(19)20-11-12-6-8-22(9-7-12)14-3-4-14/h2,5,10,12,14H,3-4,6-9,11H2,1H3,(H3,19,20,21). The zero-order chi connectivity index (χ0) is 16.2. The molecule has 23 heavy (non-hydrogen) atoms. The summed E-state index contributed by atoms with van der Waals surface area (Å²) in [5.74, 6) is 1.73. The first-order valence-corrected chi connectivity index (χ1v) is 8.68. The van der Waals surface area contributed by atoms with Crippen molar-refractivity contribution in [1.29, 1.82) is 0 Å². The number of piperidine rings is 1. The fraction of sp³-hybridized carbons (Fsp3) is 0.588. The molecule has 0 bridgehead atoms. The van der Waals surface area contributed by atoms with E-state index in [1.165, 1.54) is 38.8 Å². The van der Waals surface area contributed by atoms with Crippen molar-refractivity contribution < 1.29 is 4.74 Å². The Bertz CT molecular complexity index is 566. The van der Waals surface area contributed by atoms with E-state index in [-0.39, 0.29) is 0 Å². The zero-order valence-corrected chi connectivity index (χ0v) is 14.4. The van der Waals surface area contributed by atoms with Gasteiger partial charge in [0.05, 0.1) is 12.1 Å². The van der Waals surface area contributed by atoms with Crippen LogP contribution < -0.4 is 15.8 Å². The minimum Gasteiger partial charge on any atom is -0.495 e. The lowest BCUT2D eigenvalue weighted by molar-refractivity contribution is 0.179. The lowest BCUT2D eigenvalue weighted by Gasteiger charge is -2.31. The van der Waals surface area contributed by atoms with Gasteiger partial charge in [0, 0.05) is 18.3 Å². The maximum Gasteiger partial charge on any atom is 0.193 e. The van der Waals surface area contributed by atoms with Gasteiger partial charge < -0.3 is 20.7 Å². The monoisotopic (exact) mass is 336 g/mol. The summed E-state index contributed by atoms with van der Waals surface area (Å²) >= 11 is 6.11. The van der Waals surface area contributed by atoms with Gasteiger partial charge in [0.25, 0.3) is 0 Å². The number of nitrogens with two attached hydrogens (primary N) is 1. The van der Waals surface area contributed by atoms with Crippen LogP contribution in [0.3, 0.4) is 0 Å². The summed E-state index contributed by atoms with van der Waals surface area (Å²) < 4.78 is 5.14. The van der Waals surface area contributed by atoms with Crippen LogP contribution in [0.25, 0.3) is 0 Å². The molecule has 1 aromatic rings. The van der Waals surface area contributed by atoms with Crippen LogP contribution in [0, 0.1) is 5.92 Å². The number of methoxy groups -OCH3 is 1. The number of benzene rings is 1. The molecule has 2 aliphatic rings. The molecule has 1 heterocycles. The third-order valence-corrected chi connectivity index (χ3v) is 4.95. The predicted octanol–water partition coefficient (Wildman–Crippen LogP) is 2.95. The van der Waals surface area contributed by atoms with Crippen LogP contribution in [-0.2, 0) is 0 Å². The van der Waals surface area contributed by atoms with Crippen LogP contribution in [0.5, 0.6) is 5.75 Å². The van der Waals surface area contributed by atoms with Gasteiger partial charge in [-0.2, -0.15) is 0 Å². The second-order valence-corrected chi connectivity index (χ2v) is 6.82. The molecule has 0 unspecified atom stereocenters. The molecule has 1 aliphatic heterocycles. The summed E-state index contributed by atoms with van der Waals surface area (Å²) in [7, 11) is 1.60. The Kier molecular flexibility index (Phi) is 5.28. The lowest BCUT2D eigenvalue weighted by Crippen LogP contribution is -2.36. The Labute approximate surface area is 142 Å². The average Bonchev–Trinajstić information content (AvgIpc) is 3.39. The highest BCUT2D eigenvalue weighted by Gasteiger charge is 2.31. The topological polar surface area (TPSA) is 62.9 Å². The van der Waals surface area contributed by atoms with Crippen molar-refractivity contribution in [1.82, 2.24) is 4.90 Å². The molecule has 0 aromatic heterocycles. The summed E-state index contributed by atoms with van der Waals surface area (Å²) in [5, 5.41) is 3.64. The maximum atomic E-state index is 6.11. The first kappa shape index (κ1) is 16.4. The second kappa shape index (κ2) is 7.41. The molecular weight excluding hydrogens is 312 g/mol. The number of guanidine groups is 1. The molecule has 6 heteroatoms. The van der Waals surface area contributed by atoms with Crippen molar-refractivity contribution in [2.75, 3.05) is 32.1 Å². The van der Waals surface area contributed by atoms with E-state index < -0.39 is 0 Å². The Morgan fingerprint density at radius 3 is 2.70 bits per heavy atom. The molecule has 1 aromatic carbocycles. The Balaban J connectivity index is 1.47. The number of nitrogens with one attached hydrogen (secondary N) is 1. The normalized spacial score (nSPS) is 20.5. The summed E-state index contributed by atoms with van der Waals surface area (Å²) in [5.41, 5.74) is 6.80. The summed E-state index contributed by atoms with van der Waals surface area (Å²) in [6.07, 6.45) is 5.23. The Morgan fingerprint density at radius 2 is 2.09 bits per heavy atom. The van der Waals surface area contributed by atoms with Crippen LogP contribution in [0.2, 0.25) is 5.02 Å². The number of halogens is 1. The van der Waals surface area contributed by atoms with E-state index in [0.717, 1.165) is 18.3 Å². The summed E-state index contributed by atoms with van der Waals surface area (Å²) in [6, 6.07) is 6.36. The molecular formula is C17H25ClN4O. The molecule has 3 N–H and O–H groups in total. The molecule has 126 valence electrons. The highest BCUT2D eigenvalue weighted by atomic mass is 35.5. The van der Waals surface area contributed by atoms with Gasteiger partial charge >= 0.3 is 0 Å². The number of anilines is 1. The molecule has 0 radical (unpaired) electrons. The van der Waals surface area contributed by atoms with Crippen LogP contribution in [0.4, 0.5) is 5.69 Å². The lowest BCUT2D eigenvalue weighted by atomic mass is 9.97. The van der Waals surface area contributed by atoms with Crippen LogP contribution >= 0.6 is 11.6 Å². The Morgan fingerprint density at radius 1 is 1.35 bits per heavy atom. The third kappa shape index (κ3) is 4.52. The summed E-state index contributed by atoms with van der Waals surface area (Å²) in [6.45, 7) is 3.22. The highest BCUT2D eigenvalue weighted by molar-refractivity contribution is 6.32. The molecule has 3 rings (SSSR count). The molecule has 1 saturated heterocycles. The fourth-order valence-electron chi connectivity index (χ4n) is 3.10. The molecule has 0 amide bonds. The van der Waals surface area contributed by atoms with Gasteiger partial charge in [-0.05, 0) is 62.9 Å². The summed E-state index contributed by atoms with van der Waals surface area (Å²) in [4.78, 5) is 7.12. The number of rotatable bonds is 5. The molecule has 1 aliphatic carbocycles. The van der Waals surface area contributed by atoms with E-state index >= 15 is 0 Å². The van der Waals surface area contributed by atoms with Gasteiger partial charge in [-0.1, -0.05) is 11.6 Å². The number of hydrogen-bond donors (Lipinski definition) is 2. The van der Waals surface area contributed by atoms with Crippen molar-refractivity contribution in [3.05, 3.63) is 23.2 Å². The molecule has 0 atom stereocenters. The van der Waals surface area contributed by atoms with E-state index in [1.807, 2.05) is 12.1 Å². The number of ether oxygens (including phenoxy) is 1. The second-order valence-electron chi connectivity index (χ2n) is 6.41. The minimum atomic E-state index is 0.441. The smallest absolute Gasteiger partial charge is 0.193 e.